The van der Waals surface area contributed by atoms with E-state index >= 15 is 0 Å². The van der Waals surface area contributed by atoms with E-state index in [4.69, 9.17) is 9.47 Å². The minimum atomic E-state index is -0.531. The molecule has 3 rings (SSSR count). The number of carbonyl (C=O) groups is 4. The molecule has 1 saturated heterocycles. The largest absolute Gasteiger partial charge is 0.496 e. The lowest BCUT2D eigenvalue weighted by Crippen LogP contribution is -2.28. The predicted molar refractivity (Wildman–Crippen MR) is 104 cm³/mol. The highest BCUT2D eigenvalue weighted by atomic mass is 16.5. The molecular weight excluding hydrogens is 376 g/mol. The fraction of sp³-hybridized carbons (Fsp3) is 0.238. The number of ether oxygens (including phenoxy) is 2. The number of hydrogen-bond donors (Lipinski definition) is 1. The third kappa shape index (κ3) is 4.26. The van der Waals surface area contributed by atoms with Gasteiger partial charge in [0.25, 0.3) is 5.91 Å². The van der Waals surface area contributed by atoms with Crippen LogP contribution in [0.15, 0.2) is 42.5 Å². The molecule has 0 aromatic heterocycles. The van der Waals surface area contributed by atoms with E-state index in [9.17, 15) is 19.2 Å². The van der Waals surface area contributed by atoms with Crippen molar-refractivity contribution in [1.82, 2.24) is 5.32 Å². The van der Waals surface area contributed by atoms with Crippen LogP contribution in [0.4, 0.5) is 5.69 Å². The number of nitrogens with zero attached hydrogens (tertiary/aromatic N) is 1. The number of carbonyl (C=O) groups excluding carboxylic acids is 4. The van der Waals surface area contributed by atoms with Crippen molar-refractivity contribution in [2.45, 2.75) is 19.4 Å². The van der Waals surface area contributed by atoms with Crippen LogP contribution in [-0.2, 0) is 20.9 Å². The summed E-state index contributed by atoms with van der Waals surface area (Å²) >= 11 is 0. The lowest BCUT2D eigenvalue weighted by molar-refractivity contribution is -0.121. The predicted octanol–water partition coefficient (Wildman–Crippen LogP) is 2.07. The van der Waals surface area contributed by atoms with E-state index in [2.05, 4.69) is 5.32 Å². The van der Waals surface area contributed by atoms with Gasteiger partial charge >= 0.3 is 5.97 Å². The summed E-state index contributed by atoms with van der Waals surface area (Å²) in [5.74, 6) is -0.961. The molecule has 0 aliphatic carbocycles. The molecule has 29 heavy (non-hydrogen) atoms. The normalized spacial score (nSPS) is 13.4. The Labute approximate surface area is 167 Å². The Bertz CT molecular complexity index is 952. The third-order valence-electron chi connectivity index (χ3n) is 4.56. The molecule has 0 unspecified atom stereocenters. The monoisotopic (exact) mass is 396 g/mol. The van der Waals surface area contributed by atoms with E-state index < -0.39 is 5.97 Å². The summed E-state index contributed by atoms with van der Waals surface area (Å²) in [6.45, 7) is 0.192. The topological polar surface area (TPSA) is 102 Å². The number of nitrogens with one attached hydrogen (secondary N) is 1. The van der Waals surface area contributed by atoms with Crippen molar-refractivity contribution >= 4 is 29.4 Å². The van der Waals surface area contributed by atoms with Gasteiger partial charge in [0, 0.05) is 24.9 Å². The van der Waals surface area contributed by atoms with Crippen molar-refractivity contribution in [2.75, 3.05) is 19.1 Å². The number of amides is 3. The Morgan fingerprint density at radius 1 is 1.00 bits per heavy atom. The number of hydrogen-bond acceptors (Lipinski definition) is 6. The first kappa shape index (κ1) is 20.1. The van der Waals surface area contributed by atoms with Crippen LogP contribution < -0.4 is 15.0 Å². The van der Waals surface area contributed by atoms with E-state index in [0.29, 0.717) is 22.6 Å². The fourth-order valence-electron chi connectivity index (χ4n) is 3.05. The number of methoxy groups -OCH3 is 2. The Kier molecular flexibility index (Phi) is 5.92. The zero-order valence-corrected chi connectivity index (χ0v) is 16.1. The fourth-order valence-corrected chi connectivity index (χ4v) is 3.05. The van der Waals surface area contributed by atoms with Crippen molar-refractivity contribution in [2.24, 2.45) is 0 Å². The van der Waals surface area contributed by atoms with Crippen molar-refractivity contribution in [1.29, 1.82) is 0 Å². The minimum Gasteiger partial charge on any atom is -0.496 e. The summed E-state index contributed by atoms with van der Waals surface area (Å²) < 4.78 is 9.89. The quantitative estimate of drug-likeness (QED) is 0.592. The van der Waals surface area contributed by atoms with Crippen LogP contribution in [0, 0.1) is 0 Å². The Hall–Kier alpha value is -3.68. The van der Waals surface area contributed by atoms with Gasteiger partial charge in [-0.05, 0) is 42.0 Å². The first-order valence-corrected chi connectivity index (χ1v) is 8.94. The minimum absolute atomic E-state index is 0.192. The molecule has 1 N–H and O–H groups in total. The number of rotatable bonds is 6. The van der Waals surface area contributed by atoms with Crippen LogP contribution in [0.3, 0.4) is 0 Å². The van der Waals surface area contributed by atoms with Gasteiger partial charge in [-0.15, -0.1) is 0 Å². The van der Waals surface area contributed by atoms with E-state index in [-0.39, 0.29) is 42.7 Å². The molecule has 0 atom stereocenters. The summed E-state index contributed by atoms with van der Waals surface area (Å²) in [5, 5.41) is 2.76. The Morgan fingerprint density at radius 2 is 1.66 bits per heavy atom. The van der Waals surface area contributed by atoms with Crippen LogP contribution in [0.2, 0.25) is 0 Å². The summed E-state index contributed by atoms with van der Waals surface area (Å²) in [4.78, 5) is 49.0. The van der Waals surface area contributed by atoms with Crippen molar-refractivity contribution in [3.8, 4) is 5.75 Å². The summed E-state index contributed by atoms with van der Waals surface area (Å²) in [7, 11) is 2.74. The van der Waals surface area contributed by atoms with Gasteiger partial charge in [-0.3, -0.25) is 19.3 Å². The Balaban J connectivity index is 1.67. The SMILES string of the molecule is COC(=O)c1cc(CNC(=O)c2ccc(N3C(=O)CCC3=O)cc2)ccc1OC. The molecule has 1 aliphatic rings. The highest BCUT2D eigenvalue weighted by Crippen LogP contribution is 2.23. The molecule has 2 aromatic rings. The van der Waals surface area contributed by atoms with Gasteiger partial charge in [0.15, 0.2) is 0 Å². The average molecular weight is 396 g/mol. The highest BCUT2D eigenvalue weighted by molar-refractivity contribution is 6.19. The van der Waals surface area contributed by atoms with E-state index in [1.165, 1.54) is 14.2 Å². The first-order valence-electron chi connectivity index (χ1n) is 8.94. The molecule has 3 amide bonds. The van der Waals surface area contributed by atoms with E-state index in [1.807, 2.05) is 0 Å². The van der Waals surface area contributed by atoms with Gasteiger partial charge in [-0.2, -0.15) is 0 Å². The molecule has 150 valence electrons. The first-order chi connectivity index (χ1) is 13.9. The molecule has 0 spiro atoms. The zero-order chi connectivity index (χ0) is 21.0. The lowest BCUT2D eigenvalue weighted by Gasteiger charge is -2.14. The maximum atomic E-state index is 12.4. The molecule has 1 fully saturated rings. The summed E-state index contributed by atoms with van der Waals surface area (Å²) in [6.07, 6.45) is 0.410. The number of benzene rings is 2. The van der Waals surface area contributed by atoms with Gasteiger partial charge in [0.05, 0.1) is 19.9 Å². The Morgan fingerprint density at radius 3 is 2.24 bits per heavy atom. The van der Waals surface area contributed by atoms with Crippen LogP contribution in [0.25, 0.3) is 0 Å². The van der Waals surface area contributed by atoms with Crippen LogP contribution >= 0.6 is 0 Å². The van der Waals surface area contributed by atoms with Gasteiger partial charge in [-0.1, -0.05) is 6.07 Å². The summed E-state index contributed by atoms with van der Waals surface area (Å²) in [6, 6.07) is 11.2. The second-order valence-corrected chi connectivity index (χ2v) is 6.38. The summed E-state index contributed by atoms with van der Waals surface area (Å²) in [5.41, 5.74) is 1.80. The molecule has 8 heteroatoms. The van der Waals surface area contributed by atoms with Crippen LogP contribution in [0.5, 0.6) is 5.75 Å². The molecule has 0 bridgehead atoms. The maximum absolute atomic E-state index is 12.4. The third-order valence-corrected chi connectivity index (χ3v) is 4.56. The van der Waals surface area contributed by atoms with E-state index in [1.54, 1.807) is 42.5 Å². The van der Waals surface area contributed by atoms with Gasteiger partial charge in [0.2, 0.25) is 11.8 Å². The number of esters is 1. The smallest absolute Gasteiger partial charge is 0.341 e. The molecule has 1 heterocycles. The second kappa shape index (κ2) is 8.55. The number of anilines is 1. The van der Waals surface area contributed by atoms with Gasteiger partial charge in [0.1, 0.15) is 11.3 Å². The molecule has 0 radical (unpaired) electrons. The molecule has 8 nitrogen and oxygen atoms in total. The van der Waals surface area contributed by atoms with Gasteiger partial charge in [-0.25, -0.2) is 4.79 Å². The van der Waals surface area contributed by atoms with Crippen LogP contribution in [-0.4, -0.2) is 37.9 Å². The van der Waals surface area contributed by atoms with Gasteiger partial charge < -0.3 is 14.8 Å². The van der Waals surface area contributed by atoms with Crippen molar-refractivity contribution in [3.63, 3.8) is 0 Å². The molecule has 2 aromatic carbocycles. The number of imide groups is 1. The van der Waals surface area contributed by atoms with E-state index in [0.717, 1.165) is 4.90 Å². The molecular formula is C21H20N2O6. The average Bonchev–Trinajstić information content (AvgIpc) is 3.09. The van der Waals surface area contributed by atoms with Crippen molar-refractivity contribution in [3.05, 3.63) is 59.2 Å². The van der Waals surface area contributed by atoms with Crippen molar-refractivity contribution < 1.29 is 28.7 Å². The second-order valence-electron chi connectivity index (χ2n) is 6.38. The standard InChI is InChI=1S/C21H20N2O6/c1-28-17-8-3-13(11-16(17)21(27)29-2)12-22-20(26)14-4-6-15(7-5-14)23-18(24)9-10-19(23)25/h3-8,11H,9-10,12H2,1-2H3,(H,22,26). The maximum Gasteiger partial charge on any atom is 0.341 e. The zero-order valence-electron chi connectivity index (χ0n) is 16.1. The molecule has 1 aliphatic heterocycles. The lowest BCUT2D eigenvalue weighted by atomic mass is 10.1. The molecule has 0 saturated carbocycles. The van der Waals surface area contributed by atoms with Crippen LogP contribution in [0.1, 0.15) is 39.1 Å². The highest BCUT2D eigenvalue weighted by Gasteiger charge is 2.30.